The summed E-state index contributed by atoms with van der Waals surface area (Å²) < 4.78 is 39.4. The molecule has 160 valence electrons. The van der Waals surface area contributed by atoms with Crippen LogP contribution < -0.4 is 19.5 Å². The van der Waals surface area contributed by atoms with Crippen molar-refractivity contribution in [3.05, 3.63) is 42.0 Å². The molecule has 1 aromatic heterocycles. The minimum Gasteiger partial charge on any atom is -0.497 e. The van der Waals surface area contributed by atoms with E-state index in [1.165, 1.54) is 24.9 Å². The van der Waals surface area contributed by atoms with Crippen LogP contribution in [0, 0.1) is 0 Å². The van der Waals surface area contributed by atoms with Crippen LogP contribution in [0.5, 0.6) is 17.2 Å². The topological polar surface area (TPSA) is 85.5 Å². The predicted octanol–water partition coefficient (Wildman–Crippen LogP) is 3.63. The molecule has 0 aliphatic carbocycles. The van der Waals surface area contributed by atoms with Gasteiger partial charge in [0, 0.05) is 12.6 Å². The van der Waals surface area contributed by atoms with Gasteiger partial charge in [-0.25, -0.2) is 4.98 Å². The van der Waals surface area contributed by atoms with Crippen molar-refractivity contribution in [3.8, 4) is 17.2 Å². The van der Waals surface area contributed by atoms with Gasteiger partial charge in [-0.15, -0.1) is 0 Å². The molecule has 0 bridgehead atoms. The number of imidazole rings is 1. The van der Waals surface area contributed by atoms with Crippen LogP contribution in [0.4, 0.5) is 8.78 Å². The van der Waals surface area contributed by atoms with Crippen molar-refractivity contribution in [1.82, 2.24) is 15.3 Å². The Morgan fingerprint density at radius 2 is 2.00 bits per heavy atom. The number of aromatic amines is 1. The molecule has 3 aromatic rings. The normalized spacial score (nSPS) is 11.0. The molecule has 2 aromatic carbocycles. The summed E-state index contributed by atoms with van der Waals surface area (Å²) in [6.07, 6.45) is 0.520. The van der Waals surface area contributed by atoms with E-state index in [1.54, 1.807) is 19.2 Å². The molecule has 1 heterocycles. The van der Waals surface area contributed by atoms with Crippen molar-refractivity contribution in [2.75, 3.05) is 26.5 Å². The van der Waals surface area contributed by atoms with Gasteiger partial charge in [0.25, 0.3) is 0 Å². The highest BCUT2D eigenvalue weighted by atomic mass is 32.2. The average molecular weight is 437 g/mol. The number of fused-ring (bicyclic) bond motifs is 1. The van der Waals surface area contributed by atoms with E-state index in [4.69, 9.17) is 9.47 Å². The number of nitrogens with zero attached hydrogens (tertiary/aromatic N) is 1. The molecule has 0 aliphatic rings. The van der Waals surface area contributed by atoms with E-state index >= 15 is 0 Å². The van der Waals surface area contributed by atoms with Crippen molar-refractivity contribution in [2.24, 2.45) is 0 Å². The molecule has 2 N–H and O–H groups in total. The number of methoxy groups -OCH3 is 2. The molecule has 0 atom stereocenters. The number of halogens is 2. The summed E-state index contributed by atoms with van der Waals surface area (Å²) in [5.41, 5.74) is 2.46. The van der Waals surface area contributed by atoms with Crippen LogP contribution in [-0.4, -0.2) is 49.0 Å². The van der Waals surface area contributed by atoms with Crippen molar-refractivity contribution in [3.63, 3.8) is 0 Å². The first kappa shape index (κ1) is 21.7. The fourth-order valence-corrected chi connectivity index (χ4v) is 3.47. The Balaban J connectivity index is 1.47. The quantitative estimate of drug-likeness (QED) is 0.471. The van der Waals surface area contributed by atoms with Gasteiger partial charge in [-0.05, 0) is 36.2 Å². The van der Waals surface area contributed by atoms with Crippen molar-refractivity contribution < 1.29 is 27.8 Å². The molecule has 30 heavy (non-hydrogen) atoms. The van der Waals surface area contributed by atoms with Crippen LogP contribution >= 0.6 is 11.8 Å². The number of rotatable bonds is 10. The number of hydrogen-bond donors (Lipinski definition) is 2. The van der Waals surface area contributed by atoms with Crippen molar-refractivity contribution >= 4 is 28.7 Å². The standard InChI is InChI=1S/C20H21F2N3O4S/c1-27-13-4-5-14-15(10-13)25-20(24-14)30-11-18(26)23-8-7-12-3-6-16(29-19(21)22)17(9-12)28-2/h3-6,9-10,19H,7-8,11H2,1-2H3,(H,23,26)(H,24,25). The number of H-pyrrole nitrogens is 1. The van der Waals surface area contributed by atoms with Gasteiger partial charge in [0.1, 0.15) is 5.75 Å². The van der Waals surface area contributed by atoms with E-state index in [-0.39, 0.29) is 23.2 Å². The second-order valence-corrected chi connectivity index (χ2v) is 7.14. The van der Waals surface area contributed by atoms with Gasteiger partial charge in [0.05, 0.1) is 31.0 Å². The first-order valence-corrected chi connectivity index (χ1v) is 10.0. The van der Waals surface area contributed by atoms with Crippen LogP contribution in [0.25, 0.3) is 11.0 Å². The number of thioether (sulfide) groups is 1. The summed E-state index contributed by atoms with van der Waals surface area (Å²) in [6.45, 7) is -2.52. The number of alkyl halides is 2. The highest BCUT2D eigenvalue weighted by Crippen LogP contribution is 2.29. The lowest BCUT2D eigenvalue weighted by atomic mass is 10.1. The third-order valence-corrected chi connectivity index (χ3v) is 5.06. The zero-order valence-electron chi connectivity index (χ0n) is 16.4. The van der Waals surface area contributed by atoms with E-state index in [2.05, 4.69) is 20.0 Å². The third-order valence-electron chi connectivity index (χ3n) is 4.19. The minimum atomic E-state index is -2.92. The van der Waals surface area contributed by atoms with Crippen LogP contribution in [0.3, 0.4) is 0 Å². The van der Waals surface area contributed by atoms with E-state index in [0.717, 1.165) is 22.3 Å². The number of hydrogen-bond acceptors (Lipinski definition) is 6. The van der Waals surface area contributed by atoms with Crippen molar-refractivity contribution in [2.45, 2.75) is 18.2 Å². The molecule has 0 saturated carbocycles. The highest BCUT2D eigenvalue weighted by Gasteiger charge is 2.12. The molecule has 0 saturated heterocycles. The lowest BCUT2D eigenvalue weighted by Gasteiger charge is -2.11. The number of carbonyl (C=O) groups excluding carboxylic acids is 1. The molecule has 0 radical (unpaired) electrons. The van der Waals surface area contributed by atoms with Crippen LogP contribution in [0.15, 0.2) is 41.6 Å². The Morgan fingerprint density at radius 1 is 1.17 bits per heavy atom. The number of ether oxygens (including phenoxy) is 3. The Kier molecular flexibility index (Phi) is 7.34. The second-order valence-electron chi connectivity index (χ2n) is 6.18. The molecule has 0 fully saturated rings. The van der Waals surface area contributed by atoms with Crippen LogP contribution in [0.1, 0.15) is 5.56 Å². The number of benzene rings is 2. The monoisotopic (exact) mass is 437 g/mol. The molecule has 0 spiro atoms. The summed E-state index contributed by atoms with van der Waals surface area (Å²) in [7, 11) is 2.98. The largest absolute Gasteiger partial charge is 0.497 e. The molecular weight excluding hydrogens is 416 g/mol. The van der Waals surface area contributed by atoms with Crippen LogP contribution in [0.2, 0.25) is 0 Å². The Morgan fingerprint density at radius 3 is 2.73 bits per heavy atom. The second kappa shape index (κ2) is 10.1. The lowest BCUT2D eigenvalue weighted by molar-refractivity contribution is -0.118. The first-order chi connectivity index (χ1) is 14.5. The minimum absolute atomic E-state index is 0.0276. The molecule has 3 rings (SSSR count). The van der Waals surface area contributed by atoms with E-state index in [0.29, 0.717) is 18.1 Å². The van der Waals surface area contributed by atoms with Gasteiger partial charge in [0.2, 0.25) is 5.91 Å². The fraction of sp³-hybridized carbons (Fsp3) is 0.300. The molecule has 1 amide bonds. The molecular formula is C20H21F2N3O4S. The summed E-state index contributed by atoms with van der Waals surface area (Å²) in [6, 6.07) is 10.2. The van der Waals surface area contributed by atoms with Gasteiger partial charge in [-0.2, -0.15) is 8.78 Å². The van der Waals surface area contributed by atoms with E-state index < -0.39 is 6.61 Å². The third kappa shape index (κ3) is 5.76. The number of amides is 1. The summed E-state index contributed by atoms with van der Waals surface area (Å²) in [5, 5.41) is 3.47. The number of nitrogens with one attached hydrogen (secondary N) is 2. The van der Waals surface area contributed by atoms with Gasteiger partial charge in [0.15, 0.2) is 16.7 Å². The van der Waals surface area contributed by atoms with Crippen molar-refractivity contribution in [1.29, 1.82) is 0 Å². The Hall–Kier alpha value is -3.01. The maximum Gasteiger partial charge on any atom is 0.387 e. The molecule has 0 aliphatic heterocycles. The Bertz CT molecular complexity index is 1010. The van der Waals surface area contributed by atoms with Crippen LogP contribution in [-0.2, 0) is 11.2 Å². The highest BCUT2D eigenvalue weighted by molar-refractivity contribution is 7.99. The predicted molar refractivity (Wildman–Crippen MR) is 110 cm³/mol. The molecule has 7 nitrogen and oxygen atoms in total. The average Bonchev–Trinajstić information content (AvgIpc) is 3.14. The SMILES string of the molecule is COc1ccc2nc(SCC(=O)NCCc3ccc(OC(F)F)c(OC)c3)[nH]c2c1. The maximum atomic E-state index is 12.4. The van der Waals surface area contributed by atoms with Gasteiger partial charge in [-0.3, -0.25) is 4.79 Å². The van der Waals surface area contributed by atoms with Gasteiger partial charge < -0.3 is 24.5 Å². The zero-order chi connectivity index (χ0) is 21.5. The van der Waals surface area contributed by atoms with Gasteiger partial charge >= 0.3 is 6.61 Å². The number of aromatic nitrogens is 2. The summed E-state index contributed by atoms with van der Waals surface area (Å²) >= 11 is 1.30. The van der Waals surface area contributed by atoms with Gasteiger partial charge in [-0.1, -0.05) is 17.8 Å². The van der Waals surface area contributed by atoms with E-state index in [1.807, 2.05) is 18.2 Å². The maximum absolute atomic E-state index is 12.4. The summed E-state index contributed by atoms with van der Waals surface area (Å²) in [4.78, 5) is 19.7. The number of carbonyl (C=O) groups is 1. The molecule has 10 heteroatoms. The first-order valence-electron chi connectivity index (χ1n) is 9.03. The van der Waals surface area contributed by atoms with E-state index in [9.17, 15) is 13.6 Å². The Labute approximate surface area is 176 Å². The summed E-state index contributed by atoms with van der Waals surface area (Å²) in [5.74, 6) is 0.992. The zero-order valence-corrected chi connectivity index (χ0v) is 17.2. The smallest absolute Gasteiger partial charge is 0.387 e. The lowest BCUT2D eigenvalue weighted by Crippen LogP contribution is -2.27. The fourth-order valence-electron chi connectivity index (χ4n) is 2.75. The molecule has 0 unspecified atom stereocenters.